The number of carbonyl (C=O) groups excluding carboxylic acids is 1. The molecule has 29 heavy (non-hydrogen) atoms. The Morgan fingerprint density at radius 2 is 1.90 bits per heavy atom. The van der Waals surface area contributed by atoms with Crippen molar-refractivity contribution >= 4 is 38.5 Å². The van der Waals surface area contributed by atoms with E-state index >= 15 is 0 Å². The number of para-hydroxylation sites is 2. The molecule has 6 nitrogen and oxygen atoms in total. The summed E-state index contributed by atoms with van der Waals surface area (Å²) in [7, 11) is -1.14. The lowest BCUT2D eigenvalue weighted by molar-refractivity contribution is -0.130. The summed E-state index contributed by atoms with van der Waals surface area (Å²) in [4.78, 5) is 19.5. The van der Waals surface area contributed by atoms with E-state index in [2.05, 4.69) is 4.98 Å². The number of amides is 1. The van der Waals surface area contributed by atoms with E-state index in [1.165, 1.54) is 11.8 Å². The van der Waals surface area contributed by atoms with Crippen LogP contribution < -0.4 is 0 Å². The van der Waals surface area contributed by atoms with E-state index in [-0.39, 0.29) is 29.2 Å². The molecular weight excluding hydrogens is 406 g/mol. The molecule has 1 unspecified atom stereocenters. The Bertz CT molecular complexity index is 1130. The minimum Gasteiger partial charge on any atom is -0.334 e. The average molecular weight is 430 g/mol. The molecule has 1 aliphatic rings. The van der Waals surface area contributed by atoms with Gasteiger partial charge in [0.2, 0.25) is 5.91 Å². The molecule has 0 aliphatic carbocycles. The summed E-state index contributed by atoms with van der Waals surface area (Å²) >= 11 is 1.39. The van der Waals surface area contributed by atoms with Crippen LogP contribution >= 0.6 is 11.8 Å². The Morgan fingerprint density at radius 1 is 1.17 bits per heavy atom. The van der Waals surface area contributed by atoms with Crippen LogP contribution in [0.1, 0.15) is 12.0 Å². The van der Waals surface area contributed by atoms with Gasteiger partial charge in [-0.1, -0.05) is 54.2 Å². The van der Waals surface area contributed by atoms with Crippen LogP contribution in [0.5, 0.6) is 0 Å². The molecule has 1 fully saturated rings. The highest BCUT2D eigenvalue weighted by atomic mass is 32.2. The molecule has 0 radical (unpaired) electrons. The van der Waals surface area contributed by atoms with E-state index in [0.29, 0.717) is 13.0 Å². The molecule has 0 N–H and O–H groups in total. The molecule has 2 aromatic carbocycles. The van der Waals surface area contributed by atoms with Gasteiger partial charge in [-0.05, 0) is 24.1 Å². The number of aryl methyl sites for hydroxylation is 1. The van der Waals surface area contributed by atoms with Crippen LogP contribution in [-0.4, -0.2) is 52.1 Å². The second-order valence-electron chi connectivity index (χ2n) is 7.29. The van der Waals surface area contributed by atoms with Gasteiger partial charge in [0.15, 0.2) is 15.0 Å². The minimum absolute atomic E-state index is 0.0442. The highest BCUT2D eigenvalue weighted by Gasteiger charge is 2.34. The van der Waals surface area contributed by atoms with Crippen LogP contribution in [0.25, 0.3) is 11.0 Å². The predicted octanol–water partition coefficient (Wildman–Crippen LogP) is 2.88. The van der Waals surface area contributed by atoms with E-state index in [4.69, 9.17) is 0 Å². The number of aromatic nitrogens is 2. The third-order valence-corrected chi connectivity index (χ3v) is 8.00. The van der Waals surface area contributed by atoms with E-state index in [1.54, 1.807) is 4.90 Å². The van der Waals surface area contributed by atoms with Crippen LogP contribution in [0.2, 0.25) is 0 Å². The van der Waals surface area contributed by atoms with E-state index in [0.717, 1.165) is 21.8 Å². The van der Waals surface area contributed by atoms with Crippen molar-refractivity contribution in [2.45, 2.75) is 24.2 Å². The van der Waals surface area contributed by atoms with E-state index in [1.807, 2.05) is 66.2 Å². The van der Waals surface area contributed by atoms with Crippen LogP contribution in [0.3, 0.4) is 0 Å². The molecule has 1 atom stereocenters. The lowest BCUT2D eigenvalue weighted by atomic mass is 10.1. The Labute approximate surface area is 174 Å². The highest BCUT2D eigenvalue weighted by molar-refractivity contribution is 7.99. The van der Waals surface area contributed by atoms with Crippen molar-refractivity contribution in [2.75, 3.05) is 17.3 Å². The van der Waals surface area contributed by atoms with Crippen LogP contribution in [0.4, 0.5) is 0 Å². The molecule has 0 spiro atoms. The second kappa shape index (κ2) is 8.20. The first-order chi connectivity index (χ1) is 13.9. The third kappa shape index (κ3) is 4.48. The molecule has 2 heterocycles. The van der Waals surface area contributed by atoms with Gasteiger partial charge in [-0.3, -0.25) is 4.79 Å². The zero-order valence-electron chi connectivity index (χ0n) is 16.2. The van der Waals surface area contributed by atoms with Gasteiger partial charge in [0.05, 0.1) is 28.3 Å². The maximum atomic E-state index is 13.1. The van der Waals surface area contributed by atoms with Gasteiger partial charge >= 0.3 is 0 Å². The van der Waals surface area contributed by atoms with Gasteiger partial charge in [0.1, 0.15) is 0 Å². The number of hydrogen-bond acceptors (Lipinski definition) is 5. The molecule has 3 aromatic rings. The van der Waals surface area contributed by atoms with Crippen molar-refractivity contribution in [2.24, 2.45) is 7.05 Å². The summed E-state index contributed by atoms with van der Waals surface area (Å²) in [6, 6.07) is 17.3. The first-order valence-electron chi connectivity index (χ1n) is 9.51. The number of imidazole rings is 1. The summed E-state index contributed by atoms with van der Waals surface area (Å²) < 4.78 is 26.0. The zero-order valence-corrected chi connectivity index (χ0v) is 17.8. The number of fused-ring (bicyclic) bond motifs is 1. The van der Waals surface area contributed by atoms with Crippen molar-refractivity contribution in [3.63, 3.8) is 0 Å². The maximum absolute atomic E-state index is 13.1. The average Bonchev–Trinajstić information content (AvgIpc) is 3.24. The predicted molar refractivity (Wildman–Crippen MR) is 115 cm³/mol. The number of thioether (sulfide) groups is 1. The molecule has 8 heteroatoms. The van der Waals surface area contributed by atoms with Gasteiger partial charge < -0.3 is 9.47 Å². The number of carbonyl (C=O) groups is 1. The van der Waals surface area contributed by atoms with Crippen molar-refractivity contribution in [1.29, 1.82) is 0 Å². The number of rotatable bonds is 6. The van der Waals surface area contributed by atoms with Gasteiger partial charge in [-0.2, -0.15) is 0 Å². The molecule has 4 rings (SSSR count). The summed E-state index contributed by atoms with van der Waals surface area (Å²) in [5.41, 5.74) is 2.91. The Hall–Kier alpha value is -2.32. The number of nitrogens with zero attached hydrogens (tertiary/aromatic N) is 3. The normalized spacial score (nSPS) is 18.2. The molecule has 1 amide bonds. The number of benzene rings is 2. The molecule has 1 aliphatic heterocycles. The highest BCUT2D eigenvalue weighted by Crippen LogP contribution is 2.25. The Kier molecular flexibility index (Phi) is 5.65. The van der Waals surface area contributed by atoms with Crippen molar-refractivity contribution in [3.8, 4) is 0 Å². The molecular formula is C21H23N3O3S2. The van der Waals surface area contributed by atoms with Gasteiger partial charge in [0.25, 0.3) is 0 Å². The fraction of sp³-hybridized carbons (Fsp3) is 0.333. The SMILES string of the molecule is Cn1c(SCC(=O)N(Cc2ccccc2)C2CCS(=O)(=O)C2)nc2ccccc21. The van der Waals surface area contributed by atoms with Crippen molar-refractivity contribution < 1.29 is 13.2 Å². The van der Waals surface area contributed by atoms with Crippen LogP contribution in [0.15, 0.2) is 59.8 Å². The topological polar surface area (TPSA) is 72.3 Å². The monoisotopic (exact) mass is 429 g/mol. The quantitative estimate of drug-likeness (QED) is 0.564. The zero-order chi connectivity index (χ0) is 20.4. The summed E-state index contributed by atoms with van der Waals surface area (Å²) in [6.45, 7) is 0.420. The first kappa shape index (κ1) is 20.0. The lowest BCUT2D eigenvalue weighted by Crippen LogP contribution is -2.41. The largest absolute Gasteiger partial charge is 0.334 e. The fourth-order valence-electron chi connectivity index (χ4n) is 3.68. The molecule has 152 valence electrons. The Morgan fingerprint density at radius 3 is 2.59 bits per heavy atom. The van der Waals surface area contributed by atoms with Gasteiger partial charge in [0, 0.05) is 19.6 Å². The van der Waals surface area contributed by atoms with Crippen molar-refractivity contribution in [3.05, 3.63) is 60.2 Å². The lowest BCUT2D eigenvalue weighted by Gasteiger charge is -2.28. The standard InChI is InChI=1S/C21H23N3O3S2/c1-23-19-10-6-5-9-18(19)22-21(23)28-14-20(25)24(13-16-7-3-2-4-8-16)17-11-12-29(26,27)15-17/h2-10,17H,11-15H2,1H3. The van der Waals surface area contributed by atoms with Crippen LogP contribution in [-0.2, 0) is 28.2 Å². The Balaban J connectivity index is 1.51. The van der Waals surface area contributed by atoms with Crippen molar-refractivity contribution in [1.82, 2.24) is 14.5 Å². The summed E-state index contributed by atoms with van der Waals surface area (Å²) in [5, 5.41) is 0.776. The third-order valence-electron chi connectivity index (χ3n) is 5.24. The molecule has 0 bridgehead atoms. The number of hydrogen-bond donors (Lipinski definition) is 0. The minimum atomic E-state index is -3.07. The molecule has 1 saturated heterocycles. The van der Waals surface area contributed by atoms with Gasteiger partial charge in [-0.15, -0.1) is 0 Å². The molecule has 1 aromatic heterocycles. The maximum Gasteiger partial charge on any atom is 0.233 e. The van der Waals surface area contributed by atoms with Crippen LogP contribution in [0, 0.1) is 0 Å². The first-order valence-corrected chi connectivity index (χ1v) is 12.3. The van der Waals surface area contributed by atoms with E-state index in [9.17, 15) is 13.2 Å². The second-order valence-corrected chi connectivity index (χ2v) is 10.5. The van der Waals surface area contributed by atoms with Gasteiger partial charge in [-0.25, -0.2) is 13.4 Å². The summed E-state index contributed by atoms with van der Waals surface area (Å²) in [5.74, 6) is 0.352. The summed E-state index contributed by atoms with van der Waals surface area (Å²) in [6.07, 6.45) is 0.498. The number of sulfone groups is 1. The molecule has 0 saturated carbocycles. The smallest absolute Gasteiger partial charge is 0.233 e. The fourth-order valence-corrected chi connectivity index (χ4v) is 6.29. The van der Waals surface area contributed by atoms with E-state index < -0.39 is 9.84 Å².